The van der Waals surface area contributed by atoms with Gasteiger partial charge in [-0.15, -0.1) is 0 Å². The molecule has 0 spiro atoms. The molecule has 9 nitrogen and oxygen atoms in total. The fraction of sp³-hybridized carbons (Fsp3) is 0.409. The van der Waals surface area contributed by atoms with Gasteiger partial charge in [0.05, 0.1) is 6.54 Å². The number of rotatable bonds is 5. The molecule has 1 aromatic carbocycles. The Hall–Kier alpha value is -3.49. The number of hydrogen-bond donors (Lipinski definition) is 0. The first-order valence-electron chi connectivity index (χ1n) is 10.5. The zero-order valence-electron chi connectivity index (χ0n) is 17.8. The molecule has 0 atom stereocenters. The number of aromatic nitrogens is 5. The number of benzene rings is 1. The predicted molar refractivity (Wildman–Crippen MR) is 115 cm³/mol. The van der Waals surface area contributed by atoms with Crippen molar-refractivity contribution in [1.29, 1.82) is 0 Å². The Kier molecular flexibility index (Phi) is 5.83. The van der Waals surface area contributed by atoms with Gasteiger partial charge in [-0.1, -0.05) is 30.3 Å². The number of aryl methyl sites for hydroxylation is 1. The highest BCUT2D eigenvalue weighted by Gasteiger charge is 2.29. The number of likely N-dealkylation sites (tertiary alicyclic amines) is 1. The van der Waals surface area contributed by atoms with Crippen molar-refractivity contribution in [2.24, 2.45) is 7.05 Å². The molecule has 2 aromatic heterocycles. The minimum absolute atomic E-state index is 0.103. The van der Waals surface area contributed by atoms with Crippen molar-refractivity contribution < 1.29 is 4.79 Å². The highest BCUT2D eigenvalue weighted by atomic mass is 16.2. The summed E-state index contributed by atoms with van der Waals surface area (Å²) in [4.78, 5) is 38.9. The quantitative estimate of drug-likeness (QED) is 0.616. The first-order chi connectivity index (χ1) is 15.0. The molecule has 0 bridgehead atoms. The second kappa shape index (κ2) is 8.71. The zero-order chi connectivity index (χ0) is 22.0. The van der Waals surface area contributed by atoms with E-state index in [4.69, 9.17) is 0 Å². The molecule has 1 fully saturated rings. The number of nitrogens with zero attached hydrogens (tertiary/aromatic N) is 6. The Labute approximate surface area is 179 Å². The molecule has 0 saturated carbocycles. The van der Waals surface area contributed by atoms with E-state index in [0.717, 1.165) is 24.2 Å². The Balaban J connectivity index is 1.48. The van der Waals surface area contributed by atoms with Gasteiger partial charge in [-0.2, -0.15) is 10.2 Å². The minimum Gasteiger partial charge on any atom is -0.337 e. The molecule has 3 aromatic rings. The van der Waals surface area contributed by atoms with Crippen LogP contribution in [0.1, 0.15) is 47.6 Å². The molecule has 1 amide bonds. The van der Waals surface area contributed by atoms with Crippen molar-refractivity contribution in [1.82, 2.24) is 29.0 Å². The Morgan fingerprint density at radius 2 is 1.74 bits per heavy atom. The molecular formula is C22H26N6O3. The molecule has 3 heterocycles. The van der Waals surface area contributed by atoms with Crippen molar-refractivity contribution in [3.63, 3.8) is 0 Å². The average molecular weight is 422 g/mol. The molecule has 162 valence electrons. The topological polar surface area (TPSA) is 95.0 Å². The average Bonchev–Trinajstić information content (AvgIpc) is 3.11. The fourth-order valence-corrected chi connectivity index (χ4v) is 4.04. The van der Waals surface area contributed by atoms with Crippen LogP contribution in [0.5, 0.6) is 0 Å². The summed E-state index contributed by atoms with van der Waals surface area (Å²) in [7, 11) is 1.53. The Morgan fingerprint density at radius 1 is 1.03 bits per heavy atom. The van der Waals surface area contributed by atoms with Crippen LogP contribution in [0.3, 0.4) is 0 Å². The van der Waals surface area contributed by atoms with Gasteiger partial charge in [-0.25, -0.2) is 14.2 Å². The second-order valence-electron chi connectivity index (χ2n) is 7.78. The van der Waals surface area contributed by atoms with Crippen LogP contribution in [0, 0.1) is 0 Å². The standard InChI is InChI=1S/C22H26N6O3/c1-3-27-20(24-28(22(27)31)15-16-7-5-4-6-8-16)17-11-13-26(14-12-17)21(30)18-9-10-19(29)25(2)23-18/h4-10,17H,3,11-15H2,1-2H3. The van der Waals surface area contributed by atoms with Gasteiger partial charge in [0.2, 0.25) is 0 Å². The van der Waals surface area contributed by atoms with Crippen molar-refractivity contribution in [3.05, 3.63) is 80.4 Å². The van der Waals surface area contributed by atoms with Gasteiger partial charge in [0.25, 0.3) is 11.5 Å². The van der Waals surface area contributed by atoms with Crippen LogP contribution in [-0.2, 0) is 20.1 Å². The monoisotopic (exact) mass is 422 g/mol. The van der Waals surface area contributed by atoms with E-state index in [0.29, 0.717) is 26.2 Å². The van der Waals surface area contributed by atoms with Crippen molar-refractivity contribution in [2.75, 3.05) is 13.1 Å². The Bertz CT molecular complexity index is 1190. The molecule has 1 saturated heterocycles. The van der Waals surface area contributed by atoms with Gasteiger partial charge in [0.1, 0.15) is 11.5 Å². The van der Waals surface area contributed by atoms with Crippen LogP contribution in [0.25, 0.3) is 0 Å². The van der Waals surface area contributed by atoms with Crippen LogP contribution in [0.4, 0.5) is 0 Å². The van der Waals surface area contributed by atoms with Crippen molar-refractivity contribution >= 4 is 5.91 Å². The van der Waals surface area contributed by atoms with Crippen molar-refractivity contribution in [3.8, 4) is 0 Å². The largest absolute Gasteiger partial charge is 0.346 e. The summed E-state index contributed by atoms with van der Waals surface area (Å²) in [6.07, 6.45) is 1.44. The summed E-state index contributed by atoms with van der Waals surface area (Å²) in [5.74, 6) is 0.717. The van der Waals surface area contributed by atoms with E-state index in [2.05, 4.69) is 10.2 Å². The molecule has 9 heteroatoms. The summed E-state index contributed by atoms with van der Waals surface area (Å²) in [5, 5.41) is 8.72. The van der Waals surface area contributed by atoms with Gasteiger partial charge in [0.15, 0.2) is 0 Å². The maximum Gasteiger partial charge on any atom is 0.346 e. The highest BCUT2D eigenvalue weighted by molar-refractivity contribution is 5.92. The third-order valence-electron chi connectivity index (χ3n) is 5.77. The van der Waals surface area contributed by atoms with Gasteiger partial charge in [0, 0.05) is 38.7 Å². The lowest BCUT2D eigenvalue weighted by Crippen LogP contribution is -2.39. The smallest absolute Gasteiger partial charge is 0.337 e. The summed E-state index contributed by atoms with van der Waals surface area (Å²) < 4.78 is 4.43. The normalized spacial score (nSPS) is 14.7. The third-order valence-corrected chi connectivity index (χ3v) is 5.77. The molecule has 0 aliphatic carbocycles. The molecule has 0 unspecified atom stereocenters. The van der Waals surface area contributed by atoms with Gasteiger partial charge in [-0.05, 0) is 31.4 Å². The maximum atomic E-state index is 12.8. The summed E-state index contributed by atoms with van der Waals surface area (Å²) in [6, 6.07) is 12.6. The summed E-state index contributed by atoms with van der Waals surface area (Å²) in [5.41, 5.74) is 0.938. The lowest BCUT2D eigenvalue weighted by Gasteiger charge is -2.31. The lowest BCUT2D eigenvalue weighted by atomic mass is 9.95. The van der Waals surface area contributed by atoms with Gasteiger partial charge in [-0.3, -0.25) is 14.2 Å². The van der Waals surface area contributed by atoms with Crippen LogP contribution < -0.4 is 11.2 Å². The predicted octanol–water partition coefficient (Wildman–Crippen LogP) is 1.23. The first kappa shape index (κ1) is 20.8. The molecular weight excluding hydrogens is 396 g/mol. The molecule has 1 aliphatic heterocycles. The number of amides is 1. The van der Waals surface area contributed by atoms with E-state index in [1.165, 1.54) is 28.5 Å². The van der Waals surface area contributed by atoms with Crippen LogP contribution in [0.15, 0.2) is 52.1 Å². The molecule has 4 rings (SSSR count). The van der Waals surface area contributed by atoms with E-state index >= 15 is 0 Å². The van der Waals surface area contributed by atoms with E-state index in [1.807, 2.05) is 37.3 Å². The van der Waals surface area contributed by atoms with E-state index in [-0.39, 0.29) is 28.8 Å². The van der Waals surface area contributed by atoms with Gasteiger partial charge >= 0.3 is 5.69 Å². The summed E-state index contributed by atoms with van der Waals surface area (Å²) in [6.45, 7) is 4.05. The molecule has 0 N–H and O–H groups in total. The highest BCUT2D eigenvalue weighted by Crippen LogP contribution is 2.27. The molecule has 0 radical (unpaired) electrons. The van der Waals surface area contributed by atoms with E-state index < -0.39 is 0 Å². The first-order valence-corrected chi connectivity index (χ1v) is 10.5. The molecule has 31 heavy (non-hydrogen) atoms. The Morgan fingerprint density at radius 3 is 2.39 bits per heavy atom. The number of carbonyl (C=O) groups excluding carboxylic acids is 1. The maximum absolute atomic E-state index is 12.8. The van der Waals surface area contributed by atoms with E-state index in [9.17, 15) is 14.4 Å². The number of hydrogen-bond acceptors (Lipinski definition) is 5. The number of piperidine rings is 1. The van der Waals surface area contributed by atoms with Crippen LogP contribution in [-0.4, -0.2) is 48.0 Å². The SMILES string of the molecule is CCn1c(C2CCN(C(=O)c3ccc(=O)n(C)n3)CC2)nn(Cc2ccccc2)c1=O. The van der Waals surface area contributed by atoms with Crippen LogP contribution in [0.2, 0.25) is 0 Å². The van der Waals surface area contributed by atoms with Crippen LogP contribution >= 0.6 is 0 Å². The summed E-state index contributed by atoms with van der Waals surface area (Å²) >= 11 is 0. The minimum atomic E-state index is -0.251. The third kappa shape index (κ3) is 4.21. The second-order valence-corrected chi connectivity index (χ2v) is 7.78. The van der Waals surface area contributed by atoms with Crippen molar-refractivity contribution in [2.45, 2.75) is 38.8 Å². The number of carbonyl (C=O) groups is 1. The van der Waals surface area contributed by atoms with E-state index in [1.54, 1.807) is 9.47 Å². The zero-order valence-corrected chi connectivity index (χ0v) is 17.8. The van der Waals surface area contributed by atoms with Gasteiger partial charge < -0.3 is 4.90 Å². The fourth-order valence-electron chi connectivity index (χ4n) is 4.04. The lowest BCUT2D eigenvalue weighted by molar-refractivity contribution is 0.0701. The molecule has 1 aliphatic rings.